The van der Waals surface area contributed by atoms with Crippen molar-refractivity contribution in [2.24, 2.45) is 0 Å². The van der Waals surface area contributed by atoms with Crippen molar-refractivity contribution in [2.75, 3.05) is 19.3 Å². The number of likely N-dealkylation sites (tertiary alicyclic amines) is 1. The Morgan fingerprint density at radius 1 is 1.57 bits per heavy atom. The van der Waals surface area contributed by atoms with Crippen molar-refractivity contribution in [2.45, 2.75) is 38.0 Å². The molecule has 1 heterocycles. The molecule has 0 bridgehead atoms. The van der Waals surface area contributed by atoms with Gasteiger partial charge in [-0.25, -0.2) is 4.79 Å². The molecule has 0 aliphatic carbocycles. The van der Waals surface area contributed by atoms with Gasteiger partial charge in [-0.15, -0.1) is 0 Å². The van der Waals surface area contributed by atoms with E-state index in [1.807, 2.05) is 30.5 Å². The molecule has 82 valence electrons. The van der Waals surface area contributed by atoms with E-state index in [-0.39, 0.29) is 16.8 Å². The summed E-state index contributed by atoms with van der Waals surface area (Å²) >= 11 is 1.85. The van der Waals surface area contributed by atoms with E-state index in [1.165, 1.54) is 0 Å². The smallest absolute Gasteiger partial charge is 0.317 e. The van der Waals surface area contributed by atoms with Crippen molar-refractivity contribution >= 4 is 17.8 Å². The molecule has 1 atom stereocenters. The minimum atomic E-state index is 0.0813. The van der Waals surface area contributed by atoms with Crippen molar-refractivity contribution in [1.29, 1.82) is 0 Å². The van der Waals surface area contributed by atoms with Gasteiger partial charge in [-0.1, -0.05) is 0 Å². The summed E-state index contributed by atoms with van der Waals surface area (Å²) in [6.07, 6.45) is 3.21. The number of hydrogen-bond donors (Lipinski definition) is 1. The SMILES string of the molecule is CS[C@]1(C)CCN(C(=O)NC(C)C)C1. The lowest BCUT2D eigenvalue weighted by atomic mass is 10.1. The molecular formula is C10H20N2OS. The van der Waals surface area contributed by atoms with Gasteiger partial charge in [-0.3, -0.25) is 0 Å². The van der Waals surface area contributed by atoms with E-state index in [2.05, 4.69) is 18.5 Å². The van der Waals surface area contributed by atoms with Crippen molar-refractivity contribution in [3.05, 3.63) is 0 Å². The van der Waals surface area contributed by atoms with E-state index in [0.29, 0.717) is 0 Å². The van der Waals surface area contributed by atoms with Gasteiger partial charge in [0.2, 0.25) is 0 Å². The first-order chi connectivity index (χ1) is 6.47. The van der Waals surface area contributed by atoms with Crippen LogP contribution in [0.15, 0.2) is 0 Å². The number of carbonyl (C=O) groups excluding carboxylic acids is 1. The van der Waals surface area contributed by atoms with Gasteiger partial charge in [0.1, 0.15) is 0 Å². The minimum Gasteiger partial charge on any atom is -0.336 e. The van der Waals surface area contributed by atoms with Gasteiger partial charge in [-0.2, -0.15) is 11.8 Å². The van der Waals surface area contributed by atoms with Crippen LogP contribution in [-0.2, 0) is 0 Å². The molecule has 0 spiro atoms. The number of carbonyl (C=O) groups is 1. The van der Waals surface area contributed by atoms with E-state index in [0.717, 1.165) is 19.5 Å². The molecule has 0 saturated carbocycles. The predicted octanol–water partition coefficient (Wildman–Crippen LogP) is 1.93. The number of rotatable bonds is 2. The molecule has 1 N–H and O–H groups in total. The van der Waals surface area contributed by atoms with Gasteiger partial charge in [0, 0.05) is 23.9 Å². The van der Waals surface area contributed by atoms with E-state index >= 15 is 0 Å². The number of thioether (sulfide) groups is 1. The number of nitrogens with zero attached hydrogens (tertiary/aromatic N) is 1. The maximum Gasteiger partial charge on any atom is 0.317 e. The molecule has 0 unspecified atom stereocenters. The summed E-state index contributed by atoms with van der Waals surface area (Å²) in [4.78, 5) is 13.6. The number of amides is 2. The number of urea groups is 1. The molecule has 3 nitrogen and oxygen atoms in total. The molecule has 0 aromatic rings. The highest BCUT2D eigenvalue weighted by Gasteiger charge is 2.35. The first-order valence-corrected chi connectivity index (χ1v) is 6.30. The highest BCUT2D eigenvalue weighted by atomic mass is 32.2. The third kappa shape index (κ3) is 2.80. The highest BCUT2D eigenvalue weighted by molar-refractivity contribution is 8.00. The Bertz CT molecular complexity index is 220. The normalized spacial score (nSPS) is 27.1. The molecule has 0 aromatic carbocycles. The summed E-state index contributed by atoms with van der Waals surface area (Å²) in [5.41, 5.74) is 0. The largest absolute Gasteiger partial charge is 0.336 e. The minimum absolute atomic E-state index is 0.0813. The van der Waals surface area contributed by atoms with Crippen LogP contribution in [0.5, 0.6) is 0 Å². The predicted molar refractivity (Wildman–Crippen MR) is 61.8 cm³/mol. The van der Waals surface area contributed by atoms with Crippen LogP contribution >= 0.6 is 11.8 Å². The zero-order valence-electron chi connectivity index (χ0n) is 9.46. The molecule has 1 aliphatic heterocycles. The Labute approximate surface area is 90.6 Å². The Balaban J connectivity index is 2.46. The second-order valence-corrected chi connectivity index (χ2v) is 5.82. The van der Waals surface area contributed by atoms with Crippen molar-refractivity contribution < 1.29 is 4.79 Å². The molecule has 1 saturated heterocycles. The standard InChI is InChI=1S/C10H20N2OS/c1-8(2)11-9(13)12-6-5-10(3,7-12)14-4/h8H,5-7H2,1-4H3,(H,11,13)/t10-/m1/s1. The average molecular weight is 216 g/mol. The van der Waals surface area contributed by atoms with E-state index < -0.39 is 0 Å². The number of nitrogens with one attached hydrogen (secondary N) is 1. The van der Waals surface area contributed by atoms with Crippen LogP contribution in [0.25, 0.3) is 0 Å². The molecule has 0 aromatic heterocycles. The number of hydrogen-bond acceptors (Lipinski definition) is 2. The van der Waals surface area contributed by atoms with E-state index in [9.17, 15) is 4.79 Å². The topological polar surface area (TPSA) is 32.3 Å². The second kappa shape index (κ2) is 4.43. The zero-order valence-corrected chi connectivity index (χ0v) is 10.3. The van der Waals surface area contributed by atoms with Crippen molar-refractivity contribution in [3.8, 4) is 0 Å². The maximum absolute atomic E-state index is 11.7. The van der Waals surface area contributed by atoms with Gasteiger partial charge in [0.15, 0.2) is 0 Å². The van der Waals surface area contributed by atoms with Crippen LogP contribution in [-0.4, -0.2) is 41.1 Å². The van der Waals surface area contributed by atoms with Gasteiger partial charge in [-0.05, 0) is 33.4 Å². The molecule has 2 amide bonds. The van der Waals surface area contributed by atoms with Crippen molar-refractivity contribution in [1.82, 2.24) is 10.2 Å². The van der Waals surface area contributed by atoms with Crippen LogP contribution in [0.2, 0.25) is 0 Å². The summed E-state index contributed by atoms with van der Waals surface area (Å²) in [5, 5.41) is 2.92. The summed E-state index contributed by atoms with van der Waals surface area (Å²) < 4.78 is 0.258. The Morgan fingerprint density at radius 3 is 2.64 bits per heavy atom. The zero-order chi connectivity index (χ0) is 10.8. The summed E-state index contributed by atoms with van der Waals surface area (Å²) in [6.45, 7) is 7.95. The monoisotopic (exact) mass is 216 g/mol. The molecule has 1 aliphatic rings. The second-order valence-electron chi connectivity index (χ2n) is 4.43. The fraction of sp³-hybridized carbons (Fsp3) is 0.900. The van der Waals surface area contributed by atoms with Crippen LogP contribution < -0.4 is 5.32 Å². The molecule has 1 fully saturated rings. The molecule has 1 rings (SSSR count). The first kappa shape index (κ1) is 11.7. The van der Waals surface area contributed by atoms with Gasteiger partial charge in [0.25, 0.3) is 0 Å². The van der Waals surface area contributed by atoms with E-state index in [4.69, 9.17) is 0 Å². The first-order valence-electron chi connectivity index (χ1n) is 5.07. The van der Waals surface area contributed by atoms with Crippen LogP contribution in [0, 0.1) is 0 Å². The molecular weight excluding hydrogens is 196 g/mol. The van der Waals surface area contributed by atoms with Crippen molar-refractivity contribution in [3.63, 3.8) is 0 Å². The van der Waals surface area contributed by atoms with Crippen LogP contribution in [0.3, 0.4) is 0 Å². The Morgan fingerprint density at radius 2 is 2.21 bits per heavy atom. The third-order valence-corrected chi connectivity index (χ3v) is 3.95. The quantitative estimate of drug-likeness (QED) is 0.765. The fourth-order valence-electron chi connectivity index (χ4n) is 1.61. The molecule has 14 heavy (non-hydrogen) atoms. The fourth-order valence-corrected chi connectivity index (χ4v) is 2.19. The average Bonchev–Trinajstić information content (AvgIpc) is 2.48. The summed E-state index contributed by atoms with van der Waals surface area (Å²) in [5.74, 6) is 0. The Kier molecular flexibility index (Phi) is 3.70. The lowest BCUT2D eigenvalue weighted by molar-refractivity contribution is 0.205. The summed E-state index contributed by atoms with van der Waals surface area (Å²) in [7, 11) is 0. The lowest BCUT2D eigenvalue weighted by Gasteiger charge is -2.23. The van der Waals surface area contributed by atoms with Gasteiger partial charge in [0.05, 0.1) is 0 Å². The highest BCUT2D eigenvalue weighted by Crippen LogP contribution is 2.32. The van der Waals surface area contributed by atoms with Crippen LogP contribution in [0.4, 0.5) is 4.79 Å². The van der Waals surface area contributed by atoms with Gasteiger partial charge < -0.3 is 10.2 Å². The van der Waals surface area contributed by atoms with Gasteiger partial charge >= 0.3 is 6.03 Å². The maximum atomic E-state index is 11.7. The molecule has 4 heteroatoms. The third-order valence-electron chi connectivity index (χ3n) is 2.63. The van der Waals surface area contributed by atoms with E-state index in [1.54, 1.807) is 0 Å². The van der Waals surface area contributed by atoms with Crippen LogP contribution in [0.1, 0.15) is 27.2 Å². The molecule has 0 radical (unpaired) electrons. The summed E-state index contributed by atoms with van der Waals surface area (Å²) in [6, 6.07) is 0.307. The Hall–Kier alpha value is -0.380. The lowest BCUT2D eigenvalue weighted by Crippen LogP contribution is -2.42.